The number of aromatic nitrogens is 2. The normalized spacial score (nSPS) is 16.1. The van der Waals surface area contributed by atoms with Crippen molar-refractivity contribution >= 4 is 44.7 Å². The zero-order valence-electron chi connectivity index (χ0n) is 18.8. The summed E-state index contributed by atoms with van der Waals surface area (Å²) in [4.78, 5) is 34.9. The summed E-state index contributed by atoms with van der Waals surface area (Å²) < 4.78 is 5.12. The van der Waals surface area contributed by atoms with Gasteiger partial charge in [0, 0.05) is 23.4 Å². The van der Waals surface area contributed by atoms with Crippen LogP contribution in [0.2, 0.25) is 5.02 Å². The van der Waals surface area contributed by atoms with Gasteiger partial charge < -0.3 is 15.0 Å². The summed E-state index contributed by atoms with van der Waals surface area (Å²) in [5.41, 5.74) is 1.91. The van der Waals surface area contributed by atoms with Crippen LogP contribution < -0.4 is 15.6 Å². The first-order valence-corrected chi connectivity index (χ1v) is 12.0. The van der Waals surface area contributed by atoms with Gasteiger partial charge in [0.1, 0.15) is 16.4 Å². The van der Waals surface area contributed by atoms with Crippen LogP contribution in [-0.2, 0) is 24.1 Å². The molecule has 0 radical (unpaired) electrons. The van der Waals surface area contributed by atoms with Gasteiger partial charge in [-0.2, -0.15) is 0 Å². The van der Waals surface area contributed by atoms with Crippen LogP contribution in [0.25, 0.3) is 10.2 Å². The molecule has 3 aromatic rings. The number of amides is 1. The number of aromatic amines is 1. The summed E-state index contributed by atoms with van der Waals surface area (Å²) in [5, 5.41) is 3.98. The van der Waals surface area contributed by atoms with Crippen LogP contribution in [0.4, 0.5) is 5.69 Å². The van der Waals surface area contributed by atoms with Crippen molar-refractivity contribution in [3.63, 3.8) is 0 Å². The lowest BCUT2D eigenvalue weighted by Crippen LogP contribution is -2.26. The minimum atomic E-state index is -0.174. The van der Waals surface area contributed by atoms with Gasteiger partial charge in [-0.15, -0.1) is 11.3 Å². The first-order valence-electron chi connectivity index (χ1n) is 10.8. The second kappa shape index (κ2) is 8.87. The Bertz CT molecular complexity index is 1230. The van der Waals surface area contributed by atoms with Crippen LogP contribution in [0.15, 0.2) is 23.0 Å². The van der Waals surface area contributed by atoms with Gasteiger partial charge in [0.2, 0.25) is 5.91 Å². The second-order valence-electron chi connectivity index (χ2n) is 9.40. The quantitative estimate of drug-likeness (QED) is 0.521. The fraction of sp³-hybridized carbons (Fsp3) is 0.458. The summed E-state index contributed by atoms with van der Waals surface area (Å²) in [7, 11) is 1.54. The zero-order valence-corrected chi connectivity index (χ0v) is 20.4. The highest BCUT2D eigenvalue weighted by Crippen LogP contribution is 2.42. The maximum atomic E-state index is 12.8. The van der Waals surface area contributed by atoms with E-state index in [1.165, 1.54) is 17.6 Å². The number of anilines is 1. The van der Waals surface area contributed by atoms with E-state index in [4.69, 9.17) is 16.3 Å². The lowest BCUT2D eigenvalue weighted by molar-refractivity contribution is -0.116. The average molecular weight is 474 g/mol. The van der Waals surface area contributed by atoms with E-state index in [2.05, 4.69) is 36.1 Å². The van der Waals surface area contributed by atoms with E-state index in [0.717, 1.165) is 29.5 Å². The van der Waals surface area contributed by atoms with Crippen LogP contribution in [-0.4, -0.2) is 23.0 Å². The number of hydrogen-bond acceptors (Lipinski definition) is 5. The summed E-state index contributed by atoms with van der Waals surface area (Å²) in [5.74, 6) is 1.52. The number of fused-ring (bicyclic) bond motifs is 3. The van der Waals surface area contributed by atoms with E-state index < -0.39 is 0 Å². The van der Waals surface area contributed by atoms with Crippen molar-refractivity contribution < 1.29 is 9.53 Å². The molecule has 6 nitrogen and oxygen atoms in total. The Morgan fingerprint density at radius 2 is 2.16 bits per heavy atom. The van der Waals surface area contributed by atoms with E-state index in [-0.39, 0.29) is 23.3 Å². The van der Waals surface area contributed by atoms with E-state index in [9.17, 15) is 9.59 Å². The van der Waals surface area contributed by atoms with Crippen molar-refractivity contribution in [1.82, 2.24) is 9.97 Å². The summed E-state index contributed by atoms with van der Waals surface area (Å²) >= 11 is 7.74. The lowest BCUT2D eigenvalue weighted by Gasteiger charge is -2.33. The van der Waals surface area contributed by atoms with Gasteiger partial charge in [0.15, 0.2) is 0 Å². The number of rotatable bonds is 5. The van der Waals surface area contributed by atoms with Gasteiger partial charge in [-0.1, -0.05) is 32.4 Å². The zero-order chi connectivity index (χ0) is 23.0. The number of halogens is 1. The summed E-state index contributed by atoms with van der Waals surface area (Å²) in [6.45, 7) is 6.85. The van der Waals surface area contributed by atoms with Crippen LogP contribution >= 0.6 is 22.9 Å². The highest BCUT2D eigenvalue weighted by atomic mass is 35.5. The van der Waals surface area contributed by atoms with Crippen LogP contribution in [0, 0.1) is 11.3 Å². The fourth-order valence-corrected chi connectivity index (χ4v) is 5.86. The maximum Gasteiger partial charge on any atom is 0.259 e. The van der Waals surface area contributed by atoms with Crippen molar-refractivity contribution in [3.8, 4) is 5.75 Å². The molecule has 0 unspecified atom stereocenters. The molecule has 4 rings (SSSR count). The Kier molecular flexibility index (Phi) is 6.32. The molecular formula is C24H28ClN3O3S. The molecular weight excluding hydrogens is 446 g/mol. The van der Waals surface area contributed by atoms with E-state index in [0.29, 0.717) is 34.6 Å². The third-order valence-electron chi connectivity index (χ3n) is 6.22. The number of carbonyl (C=O) groups is 1. The number of ether oxygens (including phenoxy) is 1. The Hall–Kier alpha value is -2.38. The molecule has 0 spiro atoms. The molecule has 0 bridgehead atoms. The molecule has 2 aromatic heterocycles. The highest BCUT2D eigenvalue weighted by Gasteiger charge is 2.31. The van der Waals surface area contributed by atoms with Crippen molar-refractivity contribution in [2.24, 2.45) is 11.3 Å². The molecule has 8 heteroatoms. The van der Waals surface area contributed by atoms with E-state index in [1.54, 1.807) is 29.5 Å². The predicted molar refractivity (Wildman–Crippen MR) is 130 cm³/mol. The SMILES string of the molecule is COc1ccc(NC(=O)CCc2nc3sc4c(c3c(=O)[nH]2)CC[C@H](C(C)(C)C)C4)cc1Cl. The fourth-order valence-electron chi connectivity index (χ4n) is 4.29. The number of nitrogens with zero attached hydrogens (tertiary/aromatic N) is 1. The molecule has 32 heavy (non-hydrogen) atoms. The molecule has 170 valence electrons. The van der Waals surface area contributed by atoms with Gasteiger partial charge in [-0.05, 0) is 54.4 Å². The van der Waals surface area contributed by atoms with Crippen LogP contribution in [0.3, 0.4) is 0 Å². The van der Waals surface area contributed by atoms with Gasteiger partial charge in [-0.3, -0.25) is 9.59 Å². The molecule has 0 saturated carbocycles. The Balaban J connectivity index is 1.47. The van der Waals surface area contributed by atoms with Gasteiger partial charge >= 0.3 is 0 Å². The van der Waals surface area contributed by atoms with Crippen LogP contribution in [0.1, 0.15) is 49.9 Å². The second-order valence-corrected chi connectivity index (χ2v) is 10.9. The standard InChI is InChI=1S/C24H28ClN3O3S/c1-24(2,3)13-5-7-15-18(11-13)32-23-21(15)22(30)27-19(28-23)9-10-20(29)26-14-6-8-17(31-4)16(25)12-14/h6,8,12-13H,5,7,9-11H2,1-4H3,(H,26,29)(H,27,28,30)/t13-/m0/s1. The van der Waals surface area contributed by atoms with Crippen LogP contribution in [0.5, 0.6) is 5.75 Å². The molecule has 1 aromatic carbocycles. The van der Waals surface area contributed by atoms with Gasteiger partial charge in [0.05, 0.1) is 17.5 Å². The Morgan fingerprint density at radius 1 is 1.38 bits per heavy atom. The Morgan fingerprint density at radius 3 is 2.84 bits per heavy atom. The average Bonchev–Trinajstić information content (AvgIpc) is 3.10. The molecule has 1 aliphatic carbocycles. The maximum absolute atomic E-state index is 12.8. The number of carbonyl (C=O) groups excluding carboxylic acids is 1. The number of aryl methyl sites for hydroxylation is 2. The molecule has 1 aliphatic rings. The number of hydrogen-bond donors (Lipinski definition) is 2. The molecule has 0 saturated heterocycles. The minimum Gasteiger partial charge on any atom is -0.495 e. The molecule has 2 N–H and O–H groups in total. The predicted octanol–water partition coefficient (Wildman–Crippen LogP) is 5.37. The number of benzene rings is 1. The largest absolute Gasteiger partial charge is 0.495 e. The number of H-pyrrole nitrogens is 1. The monoisotopic (exact) mass is 473 g/mol. The van der Waals surface area contributed by atoms with E-state index >= 15 is 0 Å². The number of thiophene rings is 1. The topological polar surface area (TPSA) is 84.1 Å². The summed E-state index contributed by atoms with van der Waals surface area (Å²) in [6, 6.07) is 5.08. The van der Waals surface area contributed by atoms with Gasteiger partial charge in [0.25, 0.3) is 5.56 Å². The third kappa shape index (κ3) is 4.69. The van der Waals surface area contributed by atoms with Gasteiger partial charge in [-0.25, -0.2) is 4.98 Å². The molecule has 0 fully saturated rings. The molecule has 1 amide bonds. The molecule has 0 aliphatic heterocycles. The highest BCUT2D eigenvalue weighted by molar-refractivity contribution is 7.18. The first-order chi connectivity index (χ1) is 15.2. The van der Waals surface area contributed by atoms with Crippen molar-refractivity contribution in [2.45, 2.75) is 52.9 Å². The third-order valence-corrected chi connectivity index (χ3v) is 7.66. The summed E-state index contributed by atoms with van der Waals surface area (Å²) in [6.07, 6.45) is 3.58. The molecule has 1 atom stereocenters. The van der Waals surface area contributed by atoms with E-state index in [1.807, 2.05) is 0 Å². The number of nitrogens with one attached hydrogen (secondary N) is 2. The Labute approximate surface area is 196 Å². The first kappa shape index (κ1) is 22.8. The number of methoxy groups -OCH3 is 1. The smallest absolute Gasteiger partial charge is 0.259 e. The lowest BCUT2D eigenvalue weighted by atomic mass is 9.72. The van der Waals surface area contributed by atoms with Crippen molar-refractivity contribution in [3.05, 3.63) is 49.8 Å². The van der Waals surface area contributed by atoms with Crippen molar-refractivity contribution in [1.29, 1.82) is 0 Å². The molecule has 2 heterocycles. The minimum absolute atomic E-state index is 0.0981. The van der Waals surface area contributed by atoms with Crippen molar-refractivity contribution in [2.75, 3.05) is 12.4 Å².